The molecule has 2 aliphatic heterocycles. The lowest BCUT2D eigenvalue weighted by Crippen LogP contribution is -2.64. The molecule has 0 aromatic heterocycles. The predicted octanol–water partition coefficient (Wildman–Crippen LogP) is 3.91. The summed E-state index contributed by atoms with van der Waals surface area (Å²) in [6.07, 6.45) is 0.946. The Balaban J connectivity index is 1.63. The van der Waals surface area contributed by atoms with Crippen LogP contribution in [-0.4, -0.2) is 52.8 Å². The van der Waals surface area contributed by atoms with Crippen molar-refractivity contribution in [3.8, 4) is 0 Å². The Morgan fingerprint density at radius 1 is 1.10 bits per heavy atom. The molecule has 4 rings (SSSR count). The third kappa shape index (κ3) is 5.25. The zero-order valence-corrected chi connectivity index (χ0v) is 18.4. The van der Waals surface area contributed by atoms with Crippen LogP contribution in [0.5, 0.6) is 0 Å². The average Bonchev–Trinajstić information content (AvgIpc) is 3.07. The van der Waals surface area contributed by atoms with Gasteiger partial charge in [0, 0.05) is 13.1 Å². The predicted molar refractivity (Wildman–Crippen MR) is 120 cm³/mol. The van der Waals surface area contributed by atoms with Crippen molar-refractivity contribution in [2.75, 3.05) is 6.54 Å². The van der Waals surface area contributed by atoms with E-state index in [2.05, 4.69) is 23.6 Å². The zero-order chi connectivity index (χ0) is 21.8. The number of nitrogens with zero attached hydrogens (tertiary/aromatic N) is 1. The van der Waals surface area contributed by atoms with Crippen LogP contribution in [0.3, 0.4) is 0 Å². The topological polar surface area (TPSA) is 51.2 Å². The number of rotatable bonds is 8. The molecule has 5 heteroatoms. The molecule has 2 aliphatic rings. The van der Waals surface area contributed by atoms with E-state index in [4.69, 9.17) is 14.2 Å². The van der Waals surface area contributed by atoms with E-state index in [9.17, 15) is 5.11 Å². The summed E-state index contributed by atoms with van der Waals surface area (Å²) in [6.45, 7) is 9.55. The van der Waals surface area contributed by atoms with E-state index in [1.54, 1.807) is 6.08 Å². The van der Waals surface area contributed by atoms with Crippen LogP contribution < -0.4 is 0 Å². The molecule has 0 radical (unpaired) electrons. The van der Waals surface area contributed by atoms with Gasteiger partial charge in [0.25, 0.3) is 0 Å². The number of likely N-dealkylation sites (tertiary alicyclic amines) is 1. The molecule has 2 heterocycles. The fourth-order valence-electron chi connectivity index (χ4n) is 4.76. The van der Waals surface area contributed by atoms with Gasteiger partial charge in [-0.2, -0.15) is 0 Å². The minimum atomic E-state index is -0.680. The molecule has 1 N–H and O–H groups in total. The third-order valence-electron chi connectivity index (χ3n) is 6.03. The quantitative estimate of drug-likeness (QED) is 0.653. The zero-order valence-electron chi connectivity index (χ0n) is 18.4. The summed E-state index contributed by atoms with van der Waals surface area (Å²) in [7, 11) is 0. The van der Waals surface area contributed by atoms with Crippen LogP contribution in [-0.2, 0) is 27.4 Å². The molecule has 2 aromatic rings. The first kappa shape index (κ1) is 22.2. The average molecular weight is 424 g/mol. The molecule has 5 atom stereocenters. The Hall–Kier alpha value is -2.02. The first-order chi connectivity index (χ1) is 15.0. The lowest BCUT2D eigenvalue weighted by Gasteiger charge is -2.47. The van der Waals surface area contributed by atoms with Gasteiger partial charge in [-0.25, -0.2) is 0 Å². The Bertz CT molecular complexity index is 841. The highest BCUT2D eigenvalue weighted by Gasteiger charge is 2.54. The van der Waals surface area contributed by atoms with Gasteiger partial charge >= 0.3 is 0 Å². The smallest absolute Gasteiger partial charge is 0.163 e. The molecular weight excluding hydrogens is 390 g/mol. The van der Waals surface area contributed by atoms with Crippen molar-refractivity contribution in [3.05, 3.63) is 84.4 Å². The molecule has 2 aromatic carbocycles. The van der Waals surface area contributed by atoms with Gasteiger partial charge in [0.1, 0.15) is 18.3 Å². The second-order valence-corrected chi connectivity index (χ2v) is 8.90. The monoisotopic (exact) mass is 423 g/mol. The lowest BCUT2D eigenvalue weighted by molar-refractivity contribution is -0.173. The van der Waals surface area contributed by atoms with Gasteiger partial charge in [-0.15, -0.1) is 6.58 Å². The van der Waals surface area contributed by atoms with Crippen LogP contribution in [0.1, 0.15) is 31.4 Å². The van der Waals surface area contributed by atoms with Crippen LogP contribution in [0.2, 0.25) is 0 Å². The first-order valence-corrected chi connectivity index (χ1v) is 11.0. The van der Waals surface area contributed by atoms with Crippen LogP contribution in [0.25, 0.3) is 0 Å². The van der Waals surface area contributed by atoms with E-state index in [0.717, 1.165) is 5.56 Å². The van der Waals surface area contributed by atoms with E-state index in [-0.39, 0.29) is 24.4 Å². The fourth-order valence-corrected chi connectivity index (χ4v) is 4.76. The first-order valence-electron chi connectivity index (χ1n) is 11.0. The Morgan fingerprint density at radius 2 is 1.74 bits per heavy atom. The summed E-state index contributed by atoms with van der Waals surface area (Å²) in [5, 5.41) is 11.2. The molecule has 2 fully saturated rings. The number of hydrogen-bond acceptors (Lipinski definition) is 5. The van der Waals surface area contributed by atoms with Crippen LogP contribution in [0.15, 0.2) is 73.3 Å². The molecular formula is C26H33NO4. The highest BCUT2D eigenvalue weighted by Crippen LogP contribution is 2.39. The minimum absolute atomic E-state index is 0.119. The summed E-state index contributed by atoms with van der Waals surface area (Å²) in [5.74, 6) is -0.680. The van der Waals surface area contributed by atoms with Gasteiger partial charge in [0.15, 0.2) is 5.79 Å². The SMILES string of the molecule is C=CC[C@H](O)[C@@H]1[C@@H](OCc2ccccc2)[C@@H]2OC(C)(C)O[C@H]2CN1Cc1ccccc1. The fraction of sp³-hybridized carbons (Fsp3) is 0.462. The number of fused-ring (bicyclic) bond motifs is 1. The van der Waals surface area contributed by atoms with Crippen molar-refractivity contribution in [1.82, 2.24) is 4.90 Å². The van der Waals surface area contributed by atoms with Gasteiger partial charge in [-0.05, 0) is 31.4 Å². The number of aliphatic hydroxyl groups is 1. The van der Waals surface area contributed by atoms with E-state index >= 15 is 0 Å². The number of hydrogen-bond donors (Lipinski definition) is 1. The Kier molecular flexibility index (Phi) is 6.89. The van der Waals surface area contributed by atoms with Crippen molar-refractivity contribution in [2.24, 2.45) is 0 Å². The van der Waals surface area contributed by atoms with Crippen molar-refractivity contribution in [2.45, 2.75) is 69.7 Å². The minimum Gasteiger partial charge on any atom is -0.391 e. The van der Waals surface area contributed by atoms with Crippen molar-refractivity contribution in [3.63, 3.8) is 0 Å². The van der Waals surface area contributed by atoms with Gasteiger partial charge in [-0.1, -0.05) is 66.7 Å². The van der Waals surface area contributed by atoms with Crippen molar-refractivity contribution in [1.29, 1.82) is 0 Å². The van der Waals surface area contributed by atoms with Crippen molar-refractivity contribution < 1.29 is 19.3 Å². The van der Waals surface area contributed by atoms with Gasteiger partial charge in [-0.3, -0.25) is 4.90 Å². The normalized spacial score (nSPS) is 28.7. The standard InChI is InChI=1S/C26H33NO4/c1-4-11-21(28)23-25(29-18-20-14-9-6-10-15-20)24-22(30-26(2,3)31-24)17-27(23)16-19-12-7-5-8-13-19/h4-10,12-15,21-25,28H,1,11,16-18H2,2-3H3/t21-,22-,23+,24+,25+/m0/s1. The van der Waals surface area contributed by atoms with Crippen LogP contribution in [0, 0.1) is 0 Å². The molecule has 0 bridgehead atoms. The number of aliphatic hydroxyl groups excluding tert-OH is 1. The van der Waals surface area contributed by atoms with Gasteiger partial charge in [0.05, 0.1) is 18.8 Å². The Labute approximate surface area is 185 Å². The summed E-state index contributed by atoms with van der Waals surface area (Å²) >= 11 is 0. The van der Waals surface area contributed by atoms with Gasteiger partial charge < -0.3 is 19.3 Å². The molecule has 0 unspecified atom stereocenters. The molecule has 0 amide bonds. The third-order valence-corrected chi connectivity index (χ3v) is 6.03. The molecule has 5 nitrogen and oxygen atoms in total. The molecule has 31 heavy (non-hydrogen) atoms. The summed E-state index contributed by atoms with van der Waals surface area (Å²) in [6, 6.07) is 20.2. The summed E-state index contributed by atoms with van der Waals surface area (Å²) < 4.78 is 19.0. The number of benzene rings is 2. The van der Waals surface area contributed by atoms with E-state index in [0.29, 0.717) is 26.1 Å². The molecule has 0 aliphatic carbocycles. The Morgan fingerprint density at radius 3 is 2.39 bits per heavy atom. The van der Waals surface area contributed by atoms with Crippen molar-refractivity contribution >= 4 is 0 Å². The number of piperidine rings is 1. The maximum Gasteiger partial charge on any atom is 0.163 e. The molecule has 0 spiro atoms. The maximum atomic E-state index is 11.2. The van der Waals surface area contributed by atoms with Gasteiger partial charge in [0.2, 0.25) is 0 Å². The van der Waals surface area contributed by atoms with E-state index in [1.807, 2.05) is 62.4 Å². The highest BCUT2D eigenvalue weighted by atomic mass is 16.8. The van der Waals surface area contributed by atoms with E-state index in [1.165, 1.54) is 5.56 Å². The molecule has 166 valence electrons. The maximum absolute atomic E-state index is 11.2. The largest absolute Gasteiger partial charge is 0.391 e. The second kappa shape index (κ2) is 9.63. The number of ether oxygens (including phenoxy) is 3. The van der Waals surface area contributed by atoms with E-state index < -0.39 is 11.9 Å². The molecule has 0 saturated carbocycles. The summed E-state index contributed by atoms with van der Waals surface area (Å²) in [4.78, 5) is 2.28. The lowest BCUT2D eigenvalue weighted by atomic mass is 9.88. The van der Waals surface area contributed by atoms with Crippen LogP contribution >= 0.6 is 0 Å². The summed E-state index contributed by atoms with van der Waals surface area (Å²) in [5.41, 5.74) is 2.28. The highest BCUT2D eigenvalue weighted by molar-refractivity contribution is 5.17. The van der Waals surface area contributed by atoms with Crippen LogP contribution in [0.4, 0.5) is 0 Å². The molecule has 2 saturated heterocycles. The second-order valence-electron chi connectivity index (χ2n) is 8.90.